The molecule has 0 bridgehead atoms. The molecule has 27 heavy (non-hydrogen) atoms. The quantitative estimate of drug-likeness (QED) is 0.715. The van der Waals surface area contributed by atoms with E-state index >= 15 is 0 Å². The third-order valence-electron chi connectivity index (χ3n) is 4.00. The zero-order valence-electron chi connectivity index (χ0n) is 15.5. The number of aliphatic hydroxyl groups excluding tert-OH is 1. The van der Waals surface area contributed by atoms with Crippen molar-refractivity contribution in [3.05, 3.63) is 71.3 Å². The molecule has 1 unspecified atom stereocenters. The molecule has 2 aromatic rings. The molecule has 144 valence electrons. The number of aryl methyl sites for hydroxylation is 1. The van der Waals surface area contributed by atoms with Crippen LogP contribution in [0.25, 0.3) is 0 Å². The molecule has 0 heterocycles. The van der Waals surface area contributed by atoms with Crippen molar-refractivity contribution < 1.29 is 28.9 Å². The van der Waals surface area contributed by atoms with Crippen LogP contribution in [0, 0.1) is 12.3 Å². The van der Waals surface area contributed by atoms with Gasteiger partial charge in [-0.3, -0.25) is 4.79 Å². The van der Waals surface area contributed by atoms with Gasteiger partial charge in [0.2, 0.25) is 0 Å². The second-order valence-corrected chi connectivity index (χ2v) is 6.60. The maximum atomic E-state index is 12.3. The highest BCUT2D eigenvalue weighted by Crippen LogP contribution is 2.20. The van der Waals surface area contributed by atoms with Gasteiger partial charge < -0.3 is 19.3 Å². The van der Waals surface area contributed by atoms with Gasteiger partial charge in [-0.2, -0.15) is 0 Å². The molecule has 0 saturated heterocycles. The molecule has 0 fully saturated rings. The van der Waals surface area contributed by atoms with Crippen LogP contribution in [-0.2, 0) is 32.2 Å². The number of aliphatic hydroxyl groups is 1. The smallest absolute Gasteiger partial charge is 0.460 e. The highest BCUT2D eigenvalue weighted by Gasteiger charge is 2.36. The Morgan fingerprint density at radius 3 is 2.26 bits per heavy atom. The minimum atomic E-state index is -1.37. The Labute approximate surface area is 158 Å². The topological polar surface area (TPSA) is 82.1 Å². The van der Waals surface area contributed by atoms with Crippen molar-refractivity contribution in [3.63, 3.8) is 0 Å². The van der Waals surface area contributed by atoms with Crippen LogP contribution in [0.3, 0.4) is 0 Å². The lowest BCUT2D eigenvalue weighted by Gasteiger charge is -2.24. The standard InChI is InChI=1S/C21H24O6/c1-16-7-6-10-18(11-16)13-25-19(23)21(2,14-22)15-27-20(24)26-12-17-8-4-3-5-9-17/h3-11,22H,12-15H2,1-2H3. The van der Waals surface area contributed by atoms with Gasteiger partial charge in [0.05, 0.1) is 6.61 Å². The molecule has 1 atom stereocenters. The second-order valence-electron chi connectivity index (χ2n) is 6.60. The molecule has 0 aromatic heterocycles. The summed E-state index contributed by atoms with van der Waals surface area (Å²) in [6.45, 7) is 2.69. The Kier molecular flexibility index (Phi) is 7.37. The van der Waals surface area contributed by atoms with Gasteiger partial charge >= 0.3 is 12.1 Å². The SMILES string of the molecule is Cc1cccc(COC(=O)C(C)(CO)COC(=O)OCc2ccccc2)c1. The van der Waals surface area contributed by atoms with Crippen LogP contribution < -0.4 is 0 Å². The van der Waals surface area contributed by atoms with E-state index in [2.05, 4.69) is 0 Å². The summed E-state index contributed by atoms with van der Waals surface area (Å²) >= 11 is 0. The molecule has 2 aromatic carbocycles. The lowest BCUT2D eigenvalue weighted by Crippen LogP contribution is -2.38. The molecule has 0 radical (unpaired) electrons. The number of ether oxygens (including phenoxy) is 3. The van der Waals surface area contributed by atoms with Crippen LogP contribution in [0.15, 0.2) is 54.6 Å². The summed E-state index contributed by atoms with van der Waals surface area (Å²) in [5.74, 6) is -0.651. The van der Waals surface area contributed by atoms with Gasteiger partial charge in [-0.25, -0.2) is 4.79 Å². The molecule has 0 aliphatic heterocycles. The van der Waals surface area contributed by atoms with Crippen LogP contribution in [0.5, 0.6) is 0 Å². The number of carbonyl (C=O) groups excluding carboxylic acids is 2. The van der Waals surface area contributed by atoms with E-state index < -0.39 is 24.1 Å². The first kappa shape index (κ1) is 20.5. The summed E-state index contributed by atoms with van der Waals surface area (Å²) < 4.78 is 15.3. The fourth-order valence-electron chi connectivity index (χ4n) is 2.27. The van der Waals surface area contributed by atoms with Gasteiger partial charge in [0, 0.05) is 0 Å². The molecule has 0 saturated carbocycles. The fourth-order valence-corrected chi connectivity index (χ4v) is 2.27. The van der Waals surface area contributed by atoms with Crippen LogP contribution in [-0.4, -0.2) is 30.4 Å². The molecule has 0 amide bonds. The highest BCUT2D eigenvalue weighted by atomic mass is 16.7. The van der Waals surface area contributed by atoms with E-state index in [1.165, 1.54) is 6.92 Å². The minimum absolute atomic E-state index is 0.0628. The molecule has 2 rings (SSSR count). The van der Waals surface area contributed by atoms with Gasteiger partial charge in [0.15, 0.2) is 0 Å². The first-order chi connectivity index (χ1) is 12.9. The first-order valence-corrected chi connectivity index (χ1v) is 8.60. The second kappa shape index (κ2) is 9.73. The van der Waals surface area contributed by atoms with Crippen molar-refractivity contribution in [2.24, 2.45) is 5.41 Å². The zero-order valence-corrected chi connectivity index (χ0v) is 15.5. The van der Waals surface area contributed by atoms with Gasteiger partial charge in [-0.15, -0.1) is 0 Å². The highest BCUT2D eigenvalue weighted by molar-refractivity contribution is 5.77. The zero-order chi connectivity index (χ0) is 19.7. The van der Waals surface area contributed by atoms with Crippen LogP contribution in [0.4, 0.5) is 4.79 Å². The number of carbonyl (C=O) groups is 2. The van der Waals surface area contributed by atoms with Crippen molar-refractivity contribution in [1.82, 2.24) is 0 Å². The van der Waals surface area contributed by atoms with E-state index in [9.17, 15) is 14.7 Å². The van der Waals surface area contributed by atoms with Crippen molar-refractivity contribution in [2.45, 2.75) is 27.1 Å². The largest absolute Gasteiger partial charge is 0.508 e. The summed E-state index contributed by atoms with van der Waals surface area (Å²) in [5, 5.41) is 9.58. The van der Waals surface area contributed by atoms with E-state index in [-0.39, 0.29) is 19.8 Å². The minimum Gasteiger partial charge on any atom is -0.460 e. The van der Waals surface area contributed by atoms with Crippen molar-refractivity contribution in [2.75, 3.05) is 13.2 Å². The van der Waals surface area contributed by atoms with Crippen LogP contribution in [0.2, 0.25) is 0 Å². The number of benzene rings is 2. The van der Waals surface area contributed by atoms with Crippen molar-refractivity contribution in [1.29, 1.82) is 0 Å². The first-order valence-electron chi connectivity index (χ1n) is 8.60. The van der Waals surface area contributed by atoms with Gasteiger partial charge in [-0.1, -0.05) is 60.2 Å². The third kappa shape index (κ3) is 6.42. The van der Waals surface area contributed by atoms with E-state index in [1.807, 2.05) is 61.5 Å². The Morgan fingerprint density at radius 2 is 1.59 bits per heavy atom. The molecule has 0 aliphatic carbocycles. The van der Waals surface area contributed by atoms with E-state index in [1.54, 1.807) is 0 Å². The Bertz CT molecular complexity index is 758. The fraction of sp³-hybridized carbons (Fsp3) is 0.333. The monoisotopic (exact) mass is 372 g/mol. The summed E-state index contributed by atoms with van der Waals surface area (Å²) in [6, 6.07) is 16.7. The van der Waals surface area contributed by atoms with E-state index in [0.29, 0.717) is 0 Å². The summed E-state index contributed by atoms with van der Waals surface area (Å²) in [7, 11) is 0. The van der Waals surface area contributed by atoms with Crippen LogP contribution >= 0.6 is 0 Å². The number of hydrogen-bond donors (Lipinski definition) is 1. The van der Waals surface area contributed by atoms with Crippen LogP contribution in [0.1, 0.15) is 23.6 Å². The normalized spacial score (nSPS) is 12.7. The molecule has 6 heteroatoms. The molecule has 0 aliphatic rings. The third-order valence-corrected chi connectivity index (χ3v) is 4.00. The average Bonchev–Trinajstić information content (AvgIpc) is 2.69. The average molecular weight is 372 g/mol. The number of rotatable bonds is 8. The Balaban J connectivity index is 1.82. The van der Waals surface area contributed by atoms with Gasteiger partial charge in [0.25, 0.3) is 0 Å². The maximum Gasteiger partial charge on any atom is 0.508 e. The summed E-state index contributed by atoms with van der Waals surface area (Å²) in [5.41, 5.74) is 1.34. The van der Waals surface area contributed by atoms with Crippen molar-refractivity contribution >= 4 is 12.1 Å². The predicted octanol–water partition coefficient (Wildman–Crippen LogP) is 3.39. The molecular weight excluding hydrogens is 348 g/mol. The molecule has 0 spiro atoms. The Morgan fingerprint density at radius 1 is 0.926 bits per heavy atom. The maximum absolute atomic E-state index is 12.3. The summed E-state index contributed by atoms with van der Waals surface area (Å²) in [6.07, 6.45) is -0.912. The summed E-state index contributed by atoms with van der Waals surface area (Å²) in [4.78, 5) is 24.1. The van der Waals surface area contributed by atoms with Gasteiger partial charge in [-0.05, 0) is 25.0 Å². The van der Waals surface area contributed by atoms with E-state index in [0.717, 1.165) is 16.7 Å². The number of hydrogen-bond acceptors (Lipinski definition) is 6. The lowest BCUT2D eigenvalue weighted by molar-refractivity contribution is -0.162. The van der Waals surface area contributed by atoms with Crippen molar-refractivity contribution in [3.8, 4) is 0 Å². The molecule has 1 N–H and O–H groups in total. The molecule has 6 nitrogen and oxygen atoms in total. The van der Waals surface area contributed by atoms with Gasteiger partial charge in [0.1, 0.15) is 25.2 Å². The molecular formula is C21H24O6. The van der Waals surface area contributed by atoms with E-state index in [4.69, 9.17) is 14.2 Å². The lowest BCUT2D eigenvalue weighted by atomic mass is 9.93. The Hall–Kier alpha value is -2.86. The number of esters is 1. The predicted molar refractivity (Wildman–Crippen MR) is 98.7 cm³/mol.